The van der Waals surface area contributed by atoms with Gasteiger partial charge in [-0.3, -0.25) is 0 Å². The molecule has 0 saturated heterocycles. The van der Waals surface area contributed by atoms with Crippen molar-refractivity contribution in [2.45, 2.75) is 18.9 Å². The van der Waals surface area contributed by atoms with Crippen LogP contribution in [-0.2, 0) is 0 Å². The van der Waals surface area contributed by atoms with E-state index in [0.717, 1.165) is 6.04 Å². The van der Waals surface area contributed by atoms with Crippen LogP contribution in [0.15, 0.2) is 0 Å². The summed E-state index contributed by atoms with van der Waals surface area (Å²) >= 11 is 0. The molecule has 1 heteroatoms. The molecule has 0 bridgehead atoms. The molecule has 1 aliphatic carbocycles. The van der Waals surface area contributed by atoms with Gasteiger partial charge in [-0.15, -0.1) is 0 Å². The zero-order valence-corrected chi connectivity index (χ0v) is 5.44. The van der Waals surface area contributed by atoms with Crippen molar-refractivity contribution in [3.05, 3.63) is 0 Å². The van der Waals surface area contributed by atoms with Crippen LogP contribution in [0, 0.1) is 0 Å². The van der Waals surface area contributed by atoms with Crippen molar-refractivity contribution >= 4 is 0 Å². The highest BCUT2D eigenvalue weighted by Gasteiger charge is 2.34. The molecule has 1 saturated carbocycles. The highest BCUT2D eigenvalue weighted by Crippen LogP contribution is 2.28. The minimum Gasteiger partial charge on any atom is -0.328 e. The van der Waals surface area contributed by atoms with Gasteiger partial charge in [0.1, 0.15) is 0 Å². The third kappa shape index (κ3) is 1.16. The van der Waals surface area contributed by atoms with Gasteiger partial charge in [0.05, 0.1) is 27.2 Å². The Morgan fingerprint density at radius 2 is 1.57 bits per heavy atom. The molecular weight excluding hydrogens is 86.1 g/mol. The molecule has 0 aliphatic heterocycles. The first-order valence-corrected chi connectivity index (χ1v) is 2.92. The largest absolute Gasteiger partial charge is 0.328 e. The van der Waals surface area contributed by atoms with Gasteiger partial charge in [0.25, 0.3) is 0 Å². The van der Waals surface area contributed by atoms with E-state index in [9.17, 15) is 0 Å². The zero-order valence-electron chi connectivity index (χ0n) is 5.44. The summed E-state index contributed by atoms with van der Waals surface area (Å²) in [5.41, 5.74) is 0. The summed E-state index contributed by atoms with van der Waals surface area (Å²) in [6.07, 6.45) is 2.90. The van der Waals surface area contributed by atoms with Crippen molar-refractivity contribution in [1.82, 2.24) is 0 Å². The maximum atomic E-state index is 2.26. The van der Waals surface area contributed by atoms with Crippen LogP contribution < -0.4 is 0 Å². The summed E-state index contributed by atoms with van der Waals surface area (Å²) in [6.45, 7) is 0. The minimum absolute atomic E-state index is 0.986. The highest BCUT2D eigenvalue weighted by molar-refractivity contribution is 4.72. The van der Waals surface area contributed by atoms with E-state index in [4.69, 9.17) is 0 Å². The fourth-order valence-corrected chi connectivity index (χ4v) is 0.849. The average molecular weight is 100 g/mol. The summed E-state index contributed by atoms with van der Waals surface area (Å²) in [6, 6.07) is 0.986. The summed E-state index contributed by atoms with van der Waals surface area (Å²) < 4.78 is 1.17. The van der Waals surface area contributed by atoms with E-state index in [-0.39, 0.29) is 0 Å². The predicted octanol–water partition coefficient (Wildman–Crippen LogP) is 0.855. The van der Waals surface area contributed by atoms with Crippen molar-refractivity contribution < 1.29 is 4.48 Å². The van der Waals surface area contributed by atoms with Gasteiger partial charge in [0.15, 0.2) is 0 Å². The first-order chi connectivity index (χ1) is 3.11. The lowest BCUT2D eigenvalue weighted by Gasteiger charge is -2.22. The van der Waals surface area contributed by atoms with Crippen molar-refractivity contribution in [1.29, 1.82) is 0 Å². The Bertz CT molecular complexity index is 66.7. The molecule has 0 radical (unpaired) electrons. The fraction of sp³-hybridized carbons (Fsp3) is 1.00. The average Bonchev–Trinajstić information content (AvgIpc) is 1.99. The molecular formula is C6H14N+. The fourth-order valence-electron chi connectivity index (χ4n) is 0.849. The zero-order chi connectivity index (χ0) is 5.49. The van der Waals surface area contributed by atoms with Gasteiger partial charge >= 0.3 is 0 Å². The van der Waals surface area contributed by atoms with E-state index in [2.05, 4.69) is 21.1 Å². The third-order valence-electron chi connectivity index (χ3n) is 1.64. The molecule has 0 unspecified atom stereocenters. The second-order valence-electron chi connectivity index (χ2n) is 3.35. The van der Waals surface area contributed by atoms with Crippen LogP contribution in [0.5, 0.6) is 0 Å². The second kappa shape index (κ2) is 1.22. The maximum Gasteiger partial charge on any atom is 0.0888 e. The lowest BCUT2D eigenvalue weighted by atomic mass is 10.5. The van der Waals surface area contributed by atoms with Gasteiger partial charge in [-0.2, -0.15) is 0 Å². The van der Waals surface area contributed by atoms with Crippen molar-refractivity contribution in [2.75, 3.05) is 21.1 Å². The van der Waals surface area contributed by atoms with Gasteiger partial charge in [0.2, 0.25) is 0 Å². The number of rotatable bonds is 1. The molecule has 1 nitrogen and oxygen atoms in total. The summed E-state index contributed by atoms with van der Waals surface area (Å²) in [5.74, 6) is 0. The van der Waals surface area contributed by atoms with E-state index in [1.165, 1.54) is 17.3 Å². The summed E-state index contributed by atoms with van der Waals surface area (Å²) in [5, 5.41) is 0. The first kappa shape index (κ1) is 5.10. The van der Waals surface area contributed by atoms with Crippen LogP contribution in [-0.4, -0.2) is 31.7 Å². The molecule has 0 N–H and O–H groups in total. The Morgan fingerprint density at radius 1 is 1.14 bits per heavy atom. The quantitative estimate of drug-likeness (QED) is 0.429. The SMILES string of the molecule is C[N+](C)(C)C1CC1. The Labute approximate surface area is 45.5 Å². The van der Waals surface area contributed by atoms with Gasteiger partial charge in [-0.1, -0.05) is 0 Å². The Hall–Kier alpha value is -0.0400. The number of hydrogen-bond donors (Lipinski definition) is 0. The van der Waals surface area contributed by atoms with E-state index < -0.39 is 0 Å². The van der Waals surface area contributed by atoms with Crippen LogP contribution in [0.2, 0.25) is 0 Å². The van der Waals surface area contributed by atoms with E-state index in [0.29, 0.717) is 0 Å². The Morgan fingerprint density at radius 3 is 1.57 bits per heavy atom. The van der Waals surface area contributed by atoms with E-state index >= 15 is 0 Å². The number of nitrogens with zero attached hydrogens (tertiary/aromatic N) is 1. The molecule has 0 amide bonds. The van der Waals surface area contributed by atoms with Gasteiger partial charge in [-0.25, -0.2) is 0 Å². The third-order valence-corrected chi connectivity index (χ3v) is 1.64. The monoisotopic (exact) mass is 100 g/mol. The van der Waals surface area contributed by atoms with Crippen LogP contribution in [0.25, 0.3) is 0 Å². The van der Waals surface area contributed by atoms with Crippen molar-refractivity contribution in [3.63, 3.8) is 0 Å². The van der Waals surface area contributed by atoms with Crippen LogP contribution in [0.1, 0.15) is 12.8 Å². The predicted molar refractivity (Wildman–Crippen MR) is 31.1 cm³/mol. The van der Waals surface area contributed by atoms with Gasteiger partial charge in [-0.05, 0) is 0 Å². The molecule has 0 heterocycles. The topological polar surface area (TPSA) is 0 Å². The van der Waals surface area contributed by atoms with Gasteiger partial charge < -0.3 is 4.48 Å². The Kier molecular flexibility index (Phi) is 0.890. The lowest BCUT2D eigenvalue weighted by molar-refractivity contribution is -0.881. The van der Waals surface area contributed by atoms with Crippen molar-refractivity contribution in [3.8, 4) is 0 Å². The molecule has 0 atom stereocenters. The van der Waals surface area contributed by atoms with Crippen molar-refractivity contribution in [2.24, 2.45) is 0 Å². The highest BCUT2D eigenvalue weighted by atomic mass is 15.3. The molecule has 42 valence electrons. The van der Waals surface area contributed by atoms with E-state index in [1.54, 1.807) is 0 Å². The lowest BCUT2D eigenvalue weighted by Crippen LogP contribution is -2.36. The normalized spacial score (nSPS) is 22.7. The number of hydrogen-bond acceptors (Lipinski definition) is 0. The van der Waals surface area contributed by atoms with Crippen LogP contribution in [0.3, 0.4) is 0 Å². The van der Waals surface area contributed by atoms with Crippen LogP contribution >= 0.6 is 0 Å². The van der Waals surface area contributed by atoms with E-state index in [1.807, 2.05) is 0 Å². The second-order valence-corrected chi connectivity index (χ2v) is 3.35. The Balaban J connectivity index is 2.36. The standard InChI is InChI=1S/C6H14N/c1-7(2,3)6-4-5-6/h6H,4-5H2,1-3H3/q+1. The molecule has 7 heavy (non-hydrogen) atoms. The molecule has 1 aliphatic rings. The van der Waals surface area contributed by atoms with Gasteiger partial charge in [0, 0.05) is 12.8 Å². The summed E-state index contributed by atoms with van der Waals surface area (Å²) in [7, 11) is 6.78. The molecule has 1 fully saturated rings. The minimum atomic E-state index is 0.986. The summed E-state index contributed by atoms with van der Waals surface area (Å²) in [4.78, 5) is 0. The number of quaternary nitrogens is 1. The molecule has 0 aromatic rings. The molecule has 0 spiro atoms. The molecule has 1 rings (SSSR count). The van der Waals surface area contributed by atoms with Crippen LogP contribution in [0.4, 0.5) is 0 Å². The maximum absolute atomic E-state index is 2.26. The molecule has 0 aromatic heterocycles. The molecule has 0 aromatic carbocycles. The smallest absolute Gasteiger partial charge is 0.0888 e. The first-order valence-electron chi connectivity index (χ1n) is 2.92.